The first-order valence-corrected chi connectivity index (χ1v) is 11.0. The molecule has 8 heteroatoms. The predicted octanol–water partition coefficient (Wildman–Crippen LogP) is 2.03. The summed E-state index contributed by atoms with van der Waals surface area (Å²) >= 11 is 0. The van der Waals surface area contributed by atoms with Gasteiger partial charge in [0, 0.05) is 30.3 Å². The summed E-state index contributed by atoms with van der Waals surface area (Å²) in [6.45, 7) is 4.88. The number of nitrogens with one attached hydrogen (secondary N) is 2. The lowest BCUT2D eigenvalue weighted by Crippen LogP contribution is -2.48. The van der Waals surface area contributed by atoms with Crippen LogP contribution in [0.5, 0.6) is 0 Å². The maximum atomic E-state index is 12.5. The smallest absolute Gasteiger partial charge is 0.240 e. The van der Waals surface area contributed by atoms with E-state index in [0.717, 1.165) is 30.4 Å². The third kappa shape index (κ3) is 4.56. The molecule has 1 aromatic heterocycles. The highest BCUT2D eigenvalue weighted by molar-refractivity contribution is 7.88. The van der Waals surface area contributed by atoms with Crippen LogP contribution in [0.3, 0.4) is 0 Å². The van der Waals surface area contributed by atoms with Gasteiger partial charge in [-0.3, -0.25) is 9.89 Å². The van der Waals surface area contributed by atoms with Crippen LogP contribution in [0, 0.1) is 6.92 Å². The Hall–Kier alpha value is -2.19. The molecule has 1 aromatic carbocycles. The van der Waals surface area contributed by atoms with E-state index in [9.17, 15) is 13.2 Å². The van der Waals surface area contributed by atoms with Gasteiger partial charge in [0.25, 0.3) is 0 Å². The summed E-state index contributed by atoms with van der Waals surface area (Å²) in [6.07, 6.45) is 4.57. The number of H-pyrrole nitrogens is 1. The predicted molar refractivity (Wildman–Crippen MR) is 105 cm³/mol. The van der Waals surface area contributed by atoms with Crippen LogP contribution >= 0.6 is 0 Å². The van der Waals surface area contributed by atoms with Crippen molar-refractivity contribution in [2.45, 2.75) is 38.6 Å². The molecular weight excluding hydrogens is 364 g/mol. The number of hydrogen-bond donors (Lipinski definition) is 2. The minimum Gasteiger partial charge on any atom is -0.341 e. The molecule has 0 bridgehead atoms. The average molecular weight is 391 g/mol. The van der Waals surface area contributed by atoms with Crippen LogP contribution in [0.2, 0.25) is 0 Å². The molecule has 1 aliphatic heterocycles. The Morgan fingerprint density at radius 3 is 2.56 bits per heavy atom. The van der Waals surface area contributed by atoms with Crippen molar-refractivity contribution in [2.24, 2.45) is 0 Å². The molecule has 2 N–H and O–H groups in total. The van der Waals surface area contributed by atoms with E-state index in [1.54, 1.807) is 11.8 Å². The maximum absolute atomic E-state index is 12.5. The first-order valence-electron chi connectivity index (χ1n) is 9.11. The average Bonchev–Trinajstić information content (AvgIpc) is 3.09. The quantitative estimate of drug-likeness (QED) is 0.817. The zero-order valence-electron chi connectivity index (χ0n) is 15.9. The van der Waals surface area contributed by atoms with E-state index < -0.39 is 16.1 Å². The van der Waals surface area contributed by atoms with Gasteiger partial charge < -0.3 is 4.90 Å². The normalized spacial score (nSPS) is 17.1. The largest absolute Gasteiger partial charge is 0.341 e. The van der Waals surface area contributed by atoms with Crippen molar-refractivity contribution in [1.29, 1.82) is 0 Å². The van der Waals surface area contributed by atoms with Crippen LogP contribution < -0.4 is 4.72 Å². The van der Waals surface area contributed by atoms with Crippen molar-refractivity contribution in [2.75, 3.05) is 19.3 Å². The fourth-order valence-electron chi connectivity index (χ4n) is 3.73. The summed E-state index contributed by atoms with van der Waals surface area (Å²) in [5.74, 6) is 0.118. The van der Waals surface area contributed by atoms with Gasteiger partial charge in [0.15, 0.2) is 0 Å². The molecule has 1 atom stereocenters. The Labute approximate surface area is 160 Å². The molecule has 7 nitrogen and oxygen atoms in total. The third-order valence-electron chi connectivity index (χ3n) is 5.08. The van der Waals surface area contributed by atoms with Gasteiger partial charge in [0.1, 0.15) is 0 Å². The molecule has 27 heavy (non-hydrogen) atoms. The molecule has 146 valence electrons. The van der Waals surface area contributed by atoms with Crippen LogP contribution in [0.25, 0.3) is 11.1 Å². The molecule has 1 aliphatic rings. The number of nitrogens with zero attached hydrogens (tertiary/aromatic N) is 2. The molecule has 3 rings (SSSR count). The molecule has 1 amide bonds. The number of rotatable bonds is 5. The van der Waals surface area contributed by atoms with Crippen LogP contribution in [0.1, 0.15) is 36.9 Å². The summed E-state index contributed by atoms with van der Waals surface area (Å²) in [5, 5.41) is 7.41. The van der Waals surface area contributed by atoms with Crippen molar-refractivity contribution in [3.63, 3.8) is 0 Å². The highest BCUT2D eigenvalue weighted by Crippen LogP contribution is 2.35. The monoisotopic (exact) mass is 390 g/mol. The molecular formula is C19H26N4O3S. The van der Waals surface area contributed by atoms with Gasteiger partial charge in [-0.15, -0.1) is 0 Å². The van der Waals surface area contributed by atoms with Crippen molar-refractivity contribution < 1.29 is 13.2 Å². The highest BCUT2D eigenvalue weighted by Gasteiger charge is 2.29. The van der Waals surface area contributed by atoms with Gasteiger partial charge in [-0.2, -0.15) is 5.10 Å². The number of sulfonamides is 1. The topological polar surface area (TPSA) is 95.2 Å². The molecule has 1 fully saturated rings. The zero-order valence-corrected chi connectivity index (χ0v) is 16.7. The van der Waals surface area contributed by atoms with E-state index in [4.69, 9.17) is 0 Å². The van der Waals surface area contributed by atoms with E-state index in [-0.39, 0.29) is 5.91 Å². The Morgan fingerprint density at radius 1 is 1.26 bits per heavy atom. The zero-order chi connectivity index (χ0) is 19.6. The van der Waals surface area contributed by atoms with E-state index in [1.165, 1.54) is 11.1 Å². The second-order valence-electron chi connectivity index (χ2n) is 7.22. The molecule has 1 unspecified atom stereocenters. The van der Waals surface area contributed by atoms with Crippen LogP contribution in [0.4, 0.5) is 0 Å². The SMILES string of the molecule is Cc1ccccc1-c1cn[nH]c1C1CCN(C(=O)C(C)NS(C)(=O)=O)CC1. The van der Waals surface area contributed by atoms with Crippen molar-refractivity contribution in [1.82, 2.24) is 19.8 Å². The number of aryl methyl sites for hydroxylation is 1. The Balaban J connectivity index is 1.68. The Morgan fingerprint density at radius 2 is 1.93 bits per heavy atom. The fraction of sp³-hybridized carbons (Fsp3) is 0.474. The van der Waals surface area contributed by atoms with Gasteiger partial charge in [0.05, 0.1) is 18.5 Å². The second-order valence-corrected chi connectivity index (χ2v) is 9.00. The summed E-state index contributed by atoms with van der Waals surface area (Å²) in [6, 6.07) is 7.49. The van der Waals surface area contributed by atoms with Gasteiger partial charge >= 0.3 is 0 Å². The number of hydrogen-bond acceptors (Lipinski definition) is 4. The van der Waals surface area contributed by atoms with E-state index >= 15 is 0 Å². The first-order chi connectivity index (χ1) is 12.8. The maximum Gasteiger partial charge on any atom is 0.240 e. The second kappa shape index (κ2) is 7.82. The van der Waals surface area contributed by atoms with E-state index in [2.05, 4.69) is 34.0 Å². The molecule has 2 aromatic rings. The summed E-state index contributed by atoms with van der Waals surface area (Å²) in [4.78, 5) is 14.2. The minimum atomic E-state index is -3.40. The number of carbonyl (C=O) groups is 1. The molecule has 0 saturated carbocycles. The molecule has 2 heterocycles. The van der Waals surface area contributed by atoms with Crippen molar-refractivity contribution >= 4 is 15.9 Å². The molecule has 0 spiro atoms. The van der Waals surface area contributed by atoms with Gasteiger partial charge in [-0.25, -0.2) is 13.1 Å². The summed E-state index contributed by atoms with van der Waals surface area (Å²) < 4.78 is 25.0. The number of piperidine rings is 1. The van der Waals surface area contributed by atoms with E-state index in [1.807, 2.05) is 18.3 Å². The van der Waals surface area contributed by atoms with Crippen molar-refractivity contribution in [3.8, 4) is 11.1 Å². The van der Waals surface area contributed by atoms with Gasteiger partial charge in [0.2, 0.25) is 15.9 Å². The van der Waals surface area contributed by atoms with Crippen molar-refractivity contribution in [3.05, 3.63) is 41.7 Å². The lowest BCUT2D eigenvalue weighted by Gasteiger charge is -2.33. The summed E-state index contributed by atoms with van der Waals surface area (Å²) in [7, 11) is -3.40. The Bertz CT molecular complexity index is 915. The molecule has 0 aliphatic carbocycles. The first kappa shape index (κ1) is 19.6. The third-order valence-corrected chi connectivity index (χ3v) is 5.86. The summed E-state index contributed by atoms with van der Waals surface area (Å²) in [5.41, 5.74) is 4.60. The fourth-order valence-corrected chi connectivity index (χ4v) is 4.47. The number of likely N-dealkylation sites (tertiary alicyclic amines) is 1. The number of amides is 1. The lowest BCUT2D eigenvalue weighted by molar-refractivity contribution is -0.133. The number of aromatic amines is 1. The van der Waals surface area contributed by atoms with Crippen LogP contribution in [0.15, 0.2) is 30.5 Å². The number of aromatic nitrogens is 2. The standard InChI is InChI=1S/C19H26N4O3S/c1-13-6-4-5-7-16(13)17-12-20-21-18(17)15-8-10-23(11-9-15)19(24)14(2)22-27(3,25)26/h4-7,12,14-15,22H,8-11H2,1-3H3,(H,20,21). The molecule has 0 radical (unpaired) electrons. The molecule has 1 saturated heterocycles. The number of carbonyl (C=O) groups excluding carboxylic acids is 1. The van der Waals surface area contributed by atoms with Gasteiger partial charge in [-0.05, 0) is 37.8 Å². The lowest BCUT2D eigenvalue weighted by atomic mass is 9.88. The van der Waals surface area contributed by atoms with Gasteiger partial charge in [-0.1, -0.05) is 24.3 Å². The minimum absolute atomic E-state index is 0.178. The number of benzene rings is 1. The van der Waals surface area contributed by atoms with Crippen LogP contribution in [-0.2, 0) is 14.8 Å². The van der Waals surface area contributed by atoms with Crippen LogP contribution in [-0.4, -0.2) is 54.8 Å². The highest BCUT2D eigenvalue weighted by atomic mass is 32.2. The van der Waals surface area contributed by atoms with E-state index in [0.29, 0.717) is 19.0 Å². The Kier molecular flexibility index (Phi) is 5.67.